The van der Waals surface area contributed by atoms with Crippen molar-refractivity contribution in [2.45, 2.75) is 78.1 Å². The Labute approximate surface area is 250 Å². The third kappa shape index (κ3) is 11.3. The second-order valence-electron chi connectivity index (χ2n) is 10.9. The summed E-state index contributed by atoms with van der Waals surface area (Å²) in [7, 11) is 0. The summed E-state index contributed by atoms with van der Waals surface area (Å²) in [5.41, 5.74) is 3.54. The number of aliphatic imine (C=N–C) groups is 2. The highest BCUT2D eigenvalue weighted by Gasteiger charge is 2.38. The van der Waals surface area contributed by atoms with E-state index in [1.165, 1.54) is 19.3 Å². The van der Waals surface area contributed by atoms with Gasteiger partial charge in [-0.3, -0.25) is 14.8 Å². The molecule has 0 aromatic heterocycles. The van der Waals surface area contributed by atoms with E-state index in [-0.39, 0.29) is 11.8 Å². The van der Waals surface area contributed by atoms with Gasteiger partial charge in [-0.25, -0.2) is 0 Å². The zero-order chi connectivity index (χ0) is 29.5. The number of rotatable bonds is 12. The van der Waals surface area contributed by atoms with Crippen molar-refractivity contribution in [1.29, 1.82) is 0 Å². The highest BCUT2D eigenvalue weighted by molar-refractivity contribution is 6.31. The molecule has 0 amide bonds. The summed E-state index contributed by atoms with van der Waals surface area (Å²) < 4.78 is 0. The summed E-state index contributed by atoms with van der Waals surface area (Å²) in [6, 6.07) is 5.84. The lowest BCUT2D eigenvalue weighted by atomic mass is 9.78. The zero-order valence-electron chi connectivity index (χ0n) is 24.5. The van der Waals surface area contributed by atoms with Crippen LogP contribution in [0.3, 0.4) is 0 Å². The Hall–Kier alpha value is -3.22. The molecule has 1 atom stereocenters. The maximum Gasteiger partial charge on any atom is 0.303 e. The first-order valence-corrected chi connectivity index (χ1v) is 15.0. The van der Waals surface area contributed by atoms with Gasteiger partial charge in [0, 0.05) is 42.5 Å². The van der Waals surface area contributed by atoms with E-state index in [9.17, 15) is 4.79 Å². The molecule has 1 saturated heterocycles. The quantitative estimate of drug-likeness (QED) is 0.152. The molecular weight excluding hydrogens is 534 g/mol. The number of halogens is 1. The molecule has 3 rings (SSSR count). The summed E-state index contributed by atoms with van der Waals surface area (Å²) in [6.45, 7) is 9.43. The summed E-state index contributed by atoms with van der Waals surface area (Å²) >= 11 is 6.06. The Morgan fingerprint density at radius 1 is 1.15 bits per heavy atom. The summed E-state index contributed by atoms with van der Waals surface area (Å²) in [5.74, 6) is -0.0310. The van der Waals surface area contributed by atoms with Gasteiger partial charge in [0.15, 0.2) is 0 Å². The number of nitrogens with zero attached hydrogens (tertiary/aromatic N) is 3. The number of allylic oxidation sites excluding steroid dienone is 9. The number of hydrogen-bond donors (Lipinski definition) is 1. The average molecular weight is 578 g/mol. The minimum absolute atomic E-state index is 0.172. The highest BCUT2D eigenvalue weighted by atomic mass is 35.5. The molecule has 0 saturated carbocycles. The average Bonchev–Trinajstić information content (AvgIpc) is 3.35. The van der Waals surface area contributed by atoms with Crippen molar-refractivity contribution in [2.75, 3.05) is 13.1 Å². The fourth-order valence-electron chi connectivity index (χ4n) is 5.02. The Bertz CT molecular complexity index is 1230. The number of benzene rings is 1. The van der Waals surface area contributed by atoms with Gasteiger partial charge in [0.25, 0.3) is 0 Å². The van der Waals surface area contributed by atoms with Crippen LogP contribution in [0.25, 0.3) is 0 Å². The Morgan fingerprint density at radius 2 is 1.98 bits per heavy atom. The van der Waals surface area contributed by atoms with Gasteiger partial charge in [0.05, 0.1) is 11.4 Å². The SMILES string of the molecule is C=C/C(Cl)=C\C=C(/C)C(C)=Nc1ccc(ON2CCC3(C/C=C\C=C/CCCC3)C2)cc1N=CCCCCC(=O)O. The molecule has 1 N–H and O–H groups in total. The van der Waals surface area contributed by atoms with Crippen molar-refractivity contribution in [3.8, 4) is 5.75 Å². The maximum atomic E-state index is 10.8. The molecule has 1 aliphatic carbocycles. The topological polar surface area (TPSA) is 74.5 Å². The van der Waals surface area contributed by atoms with E-state index in [1.807, 2.05) is 44.3 Å². The van der Waals surface area contributed by atoms with Crippen molar-refractivity contribution in [2.24, 2.45) is 15.4 Å². The van der Waals surface area contributed by atoms with E-state index in [0.717, 1.165) is 67.2 Å². The number of hydroxylamine groups is 2. The van der Waals surface area contributed by atoms with E-state index in [4.69, 9.17) is 31.5 Å². The van der Waals surface area contributed by atoms with Gasteiger partial charge < -0.3 is 9.94 Å². The monoisotopic (exact) mass is 577 g/mol. The molecule has 2 aliphatic rings. The van der Waals surface area contributed by atoms with Crippen LogP contribution in [-0.4, -0.2) is 41.2 Å². The van der Waals surface area contributed by atoms with Crippen LogP contribution in [0, 0.1) is 5.41 Å². The first-order chi connectivity index (χ1) is 19.8. The number of unbranched alkanes of at least 4 members (excludes halogenated alkanes) is 2. The number of hydrogen-bond acceptors (Lipinski definition) is 5. The molecule has 1 spiro atoms. The van der Waals surface area contributed by atoms with Crippen LogP contribution in [0.15, 0.2) is 87.9 Å². The fourth-order valence-corrected chi connectivity index (χ4v) is 5.09. The van der Waals surface area contributed by atoms with Gasteiger partial charge in [0.2, 0.25) is 0 Å². The third-order valence-corrected chi connectivity index (χ3v) is 7.88. The molecule has 0 radical (unpaired) electrons. The minimum Gasteiger partial charge on any atom is -0.481 e. The molecule has 1 heterocycles. The molecule has 1 aromatic carbocycles. The van der Waals surface area contributed by atoms with Crippen LogP contribution in [0.4, 0.5) is 11.4 Å². The Balaban J connectivity index is 1.77. The van der Waals surface area contributed by atoms with Gasteiger partial charge in [-0.1, -0.05) is 61.1 Å². The molecule has 7 heteroatoms. The van der Waals surface area contributed by atoms with Crippen LogP contribution in [0.1, 0.15) is 78.1 Å². The van der Waals surface area contributed by atoms with E-state index in [2.05, 4.69) is 35.9 Å². The van der Waals surface area contributed by atoms with Crippen molar-refractivity contribution in [1.82, 2.24) is 5.06 Å². The highest BCUT2D eigenvalue weighted by Crippen LogP contribution is 2.41. The van der Waals surface area contributed by atoms with Gasteiger partial charge >= 0.3 is 5.97 Å². The lowest BCUT2D eigenvalue weighted by Crippen LogP contribution is -2.29. The van der Waals surface area contributed by atoms with Crippen LogP contribution in [-0.2, 0) is 4.79 Å². The second kappa shape index (κ2) is 16.9. The van der Waals surface area contributed by atoms with Crippen LogP contribution in [0.2, 0.25) is 0 Å². The van der Waals surface area contributed by atoms with E-state index >= 15 is 0 Å². The maximum absolute atomic E-state index is 10.8. The number of carbonyl (C=O) groups is 1. The lowest BCUT2D eigenvalue weighted by Gasteiger charge is -2.28. The smallest absolute Gasteiger partial charge is 0.303 e. The zero-order valence-corrected chi connectivity index (χ0v) is 25.3. The number of carboxylic acid groups (broad SMARTS) is 1. The molecule has 1 fully saturated rings. The third-order valence-electron chi connectivity index (χ3n) is 7.60. The first kappa shape index (κ1) is 32.3. The van der Waals surface area contributed by atoms with Crippen molar-refractivity contribution < 1.29 is 14.7 Å². The van der Waals surface area contributed by atoms with Crippen molar-refractivity contribution in [3.05, 3.63) is 77.9 Å². The minimum atomic E-state index is -0.770. The molecular formula is C34H44ClN3O3. The standard InChI is InChI=1S/C34H44ClN3O3/c1-4-29(35)17-16-27(2)28(3)37-31-19-18-30(25-32(31)36-23-14-10-11-15-33(39)40)41-38-24-22-34(26-38)20-12-8-6-5-7-9-13-21-34/h4-6,8,12,16-19,23,25H,1,7,9-11,13-15,20-22,24,26H2,2-3H3,(H,39,40)/b6-5-,12-8-,27-16+,29-17+,36-23?,37-28?. The second-order valence-corrected chi connectivity index (χ2v) is 11.4. The van der Waals surface area contributed by atoms with Gasteiger partial charge in [-0.15, -0.1) is 5.06 Å². The fraction of sp³-hybridized carbons (Fsp3) is 0.441. The molecule has 220 valence electrons. The molecule has 1 aromatic rings. The normalized spacial score (nSPS) is 22.7. The van der Waals surface area contributed by atoms with E-state index in [1.54, 1.807) is 12.2 Å². The van der Waals surface area contributed by atoms with Crippen LogP contribution >= 0.6 is 11.6 Å². The predicted octanol–water partition coefficient (Wildman–Crippen LogP) is 9.44. The van der Waals surface area contributed by atoms with Gasteiger partial charge in [0.1, 0.15) is 5.75 Å². The molecule has 1 aliphatic heterocycles. The predicted molar refractivity (Wildman–Crippen MR) is 172 cm³/mol. The molecule has 6 nitrogen and oxygen atoms in total. The summed E-state index contributed by atoms with van der Waals surface area (Å²) in [5, 5.41) is 11.5. The number of carboxylic acids is 1. The van der Waals surface area contributed by atoms with Crippen LogP contribution < -0.4 is 4.84 Å². The van der Waals surface area contributed by atoms with Crippen LogP contribution in [0.5, 0.6) is 5.75 Å². The Kier molecular flexibility index (Phi) is 13.3. The number of aliphatic carboxylic acids is 1. The molecule has 1 unspecified atom stereocenters. The van der Waals surface area contributed by atoms with E-state index < -0.39 is 5.97 Å². The summed E-state index contributed by atoms with van der Waals surface area (Å²) in [6.07, 6.45) is 25.4. The van der Waals surface area contributed by atoms with Crippen molar-refractivity contribution in [3.63, 3.8) is 0 Å². The van der Waals surface area contributed by atoms with Crippen molar-refractivity contribution >= 4 is 40.9 Å². The summed E-state index contributed by atoms with van der Waals surface area (Å²) in [4.78, 5) is 26.8. The Morgan fingerprint density at radius 3 is 2.78 bits per heavy atom. The van der Waals surface area contributed by atoms with Gasteiger partial charge in [-0.05, 0) is 94.4 Å². The lowest BCUT2D eigenvalue weighted by molar-refractivity contribution is -0.137. The van der Waals surface area contributed by atoms with E-state index in [0.29, 0.717) is 17.9 Å². The molecule has 0 bridgehead atoms. The largest absolute Gasteiger partial charge is 0.481 e. The molecule has 41 heavy (non-hydrogen) atoms. The first-order valence-electron chi connectivity index (χ1n) is 14.7. The van der Waals surface area contributed by atoms with Gasteiger partial charge in [-0.2, -0.15) is 0 Å².